The third kappa shape index (κ3) is 3.64. The van der Waals surface area contributed by atoms with Crippen LogP contribution in [-0.2, 0) is 0 Å². The Balaban J connectivity index is 1.48. The van der Waals surface area contributed by atoms with E-state index in [1.165, 1.54) is 0 Å². The molecule has 2 aromatic carbocycles. The quantitative estimate of drug-likeness (QED) is 0.718. The molecule has 2 heterocycles. The highest BCUT2D eigenvalue weighted by atomic mass is 16.5. The number of anilines is 2. The first-order valence-corrected chi connectivity index (χ1v) is 8.85. The van der Waals surface area contributed by atoms with Gasteiger partial charge in [0.25, 0.3) is 0 Å². The topological polar surface area (TPSA) is 77.3 Å². The zero-order valence-corrected chi connectivity index (χ0v) is 15.4. The Labute approximate surface area is 157 Å². The molecule has 8 nitrogen and oxygen atoms in total. The number of nitrogens with one attached hydrogen (secondary N) is 1. The maximum Gasteiger partial charge on any atom is 0.248 e. The fraction of sp³-hybridized carbons (Fsp3) is 0.316. The van der Waals surface area contributed by atoms with Crippen molar-refractivity contribution in [2.45, 2.75) is 12.5 Å². The third-order valence-corrected chi connectivity index (χ3v) is 4.69. The van der Waals surface area contributed by atoms with Crippen LogP contribution in [0.2, 0.25) is 0 Å². The monoisotopic (exact) mass is 366 g/mol. The molecule has 1 aliphatic rings. The highest BCUT2D eigenvalue weighted by molar-refractivity contribution is 5.57. The van der Waals surface area contributed by atoms with E-state index in [2.05, 4.69) is 25.7 Å². The number of rotatable bonds is 6. The van der Waals surface area contributed by atoms with Crippen LogP contribution in [0.1, 0.15) is 6.42 Å². The highest BCUT2D eigenvalue weighted by Gasteiger charge is 2.25. The summed E-state index contributed by atoms with van der Waals surface area (Å²) in [5.74, 6) is 2.22. The third-order valence-electron chi connectivity index (χ3n) is 4.69. The molecule has 8 heteroatoms. The van der Waals surface area contributed by atoms with E-state index < -0.39 is 0 Å². The van der Waals surface area contributed by atoms with Crippen LogP contribution in [0.15, 0.2) is 48.5 Å². The molecule has 1 saturated heterocycles. The number of benzene rings is 2. The normalized spacial score (nSPS) is 16.4. The molecule has 1 fully saturated rings. The number of aromatic nitrogens is 4. The molecule has 0 saturated carbocycles. The summed E-state index contributed by atoms with van der Waals surface area (Å²) in [4.78, 5) is 2.30. The van der Waals surface area contributed by atoms with Gasteiger partial charge in [-0.05, 0) is 29.0 Å². The van der Waals surface area contributed by atoms with Gasteiger partial charge in [0.2, 0.25) is 5.95 Å². The molecule has 0 aliphatic carbocycles. The van der Waals surface area contributed by atoms with Crippen molar-refractivity contribution in [2.24, 2.45) is 0 Å². The van der Waals surface area contributed by atoms with Crippen LogP contribution in [0.5, 0.6) is 11.5 Å². The molecule has 140 valence electrons. The first-order valence-electron chi connectivity index (χ1n) is 8.85. The molecule has 1 aromatic heterocycles. The second kappa shape index (κ2) is 7.53. The van der Waals surface area contributed by atoms with Gasteiger partial charge in [0, 0.05) is 43.0 Å². The molecule has 0 bridgehead atoms. The maximum absolute atomic E-state index is 5.38. The average molecular weight is 366 g/mol. The molecule has 1 atom stereocenters. The van der Waals surface area contributed by atoms with Gasteiger partial charge in [-0.25, -0.2) is 0 Å². The molecule has 0 spiro atoms. The Morgan fingerprint density at radius 3 is 2.44 bits per heavy atom. The van der Waals surface area contributed by atoms with Gasteiger partial charge in [0.15, 0.2) is 0 Å². The second-order valence-corrected chi connectivity index (χ2v) is 6.40. The molecule has 0 radical (unpaired) electrons. The van der Waals surface area contributed by atoms with Crippen molar-refractivity contribution in [1.29, 1.82) is 0 Å². The first kappa shape index (κ1) is 17.1. The van der Waals surface area contributed by atoms with Gasteiger partial charge in [-0.1, -0.05) is 23.3 Å². The van der Waals surface area contributed by atoms with E-state index >= 15 is 0 Å². The van der Waals surface area contributed by atoms with Crippen LogP contribution in [0.3, 0.4) is 0 Å². The zero-order valence-electron chi connectivity index (χ0n) is 15.4. The predicted octanol–water partition coefficient (Wildman–Crippen LogP) is 2.37. The minimum atomic E-state index is 0.246. The summed E-state index contributed by atoms with van der Waals surface area (Å²) in [6.45, 7) is 1.78. The van der Waals surface area contributed by atoms with Crippen molar-refractivity contribution in [1.82, 2.24) is 20.2 Å². The summed E-state index contributed by atoms with van der Waals surface area (Å²) in [6.07, 6.45) is 0.987. The summed E-state index contributed by atoms with van der Waals surface area (Å²) in [6, 6.07) is 16.0. The summed E-state index contributed by atoms with van der Waals surface area (Å²) in [5, 5.41) is 15.5. The van der Waals surface area contributed by atoms with E-state index in [0.29, 0.717) is 5.95 Å². The van der Waals surface area contributed by atoms with Crippen LogP contribution >= 0.6 is 0 Å². The van der Waals surface area contributed by atoms with E-state index in [-0.39, 0.29) is 6.04 Å². The van der Waals surface area contributed by atoms with Crippen LogP contribution in [0, 0.1) is 0 Å². The van der Waals surface area contributed by atoms with E-state index in [1.807, 2.05) is 48.5 Å². The number of para-hydroxylation sites is 1. The number of methoxy groups -OCH3 is 2. The van der Waals surface area contributed by atoms with Crippen LogP contribution in [-0.4, -0.2) is 53.6 Å². The lowest BCUT2D eigenvalue weighted by atomic mass is 10.2. The van der Waals surface area contributed by atoms with Gasteiger partial charge in [-0.3, -0.25) is 0 Å². The summed E-state index contributed by atoms with van der Waals surface area (Å²) < 4.78 is 12.5. The summed E-state index contributed by atoms with van der Waals surface area (Å²) >= 11 is 0. The molecule has 1 unspecified atom stereocenters. The molecular weight excluding hydrogens is 344 g/mol. The number of nitrogens with zero attached hydrogens (tertiary/aromatic N) is 5. The minimum absolute atomic E-state index is 0.246. The Morgan fingerprint density at radius 1 is 1.00 bits per heavy atom. The molecule has 3 aromatic rings. The average Bonchev–Trinajstić information content (AvgIpc) is 3.38. The van der Waals surface area contributed by atoms with Crippen LogP contribution < -0.4 is 19.7 Å². The van der Waals surface area contributed by atoms with Gasteiger partial charge in [-0.15, -0.1) is 0 Å². The van der Waals surface area contributed by atoms with Crippen molar-refractivity contribution >= 4 is 11.6 Å². The largest absolute Gasteiger partial charge is 0.497 e. The Bertz CT molecular complexity index is 876. The second-order valence-electron chi connectivity index (χ2n) is 6.40. The summed E-state index contributed by atoms with van der Waals surface area (Å²) in [5.41, 5.74) is 2.01. The first-order chi connectivity index (χ1) is 13.3. The SMILES string of the molecule is COc1cc(OC)cc(N2CCC(Nc3nnnn3-c3ccccc3)C2)c1. The fourth-order valence-corrected chi connectivity index (χ4v) is 3.29. The van der Waals surface area contributed by atoms with Crippen molar-refractivity contribution in [2.75, 3.05) is 37.5 Å². The number of hydrogen-bond acceptors (Lipinski definition) is 7. The predicted molar refractivity (Wildman–Crippen MR) is 103 cm³/mol. The lowest BCUT2D eigenvalue weighted by Crippen LogP contribution is -2.27. The Hall–Kier alpha value is -3.29. The van der Waals surface area contributed by atoms with Gasteiger partial charge >= 0.3 is 0 Å². The van der Waals surface area contributed by atoms with Gasteiger partial charge in [0.05, 0.1) is 19.9 Å². The van der Waals surface area contributed by atoms with Crippen LogP contribution in [0.25, 0.3) is 5.69 Å². The summed E-state index contributed by atoms with van der Waals surface area (Å²) in [7, 11) is 3.33. The van der Waals surface area contributed by atoms with Gasteiger partial charge in [-0.2, -0.15) is 4.68 Å². The smallest absolute Gasteiger partial charge is 0.248 e. The van der Waals surface area contributed by atoms with Crippen molar-refractivity contribution in [3.05, 3.63) is 48.5 Å². The van der Waals surface area contributed by atoms with E-state index in [9.17, 15) is 0 Å². The van der Waals surface area contributed by atoms with Crippen LogP contribution in [0.4, 0.5) is 11.6 Å². The van der Waals surface area contributed by atoms with E-state index in [1.54, 1.807) is 18.9 Å². The highest BCUT2D eigenvalue weighted by Crippen LogP contribution is 2.31. The molecular formula is C19H22N6O2. The lowest BCUT2D eigenvalue weighted by Gasteiger charge is -2.20. The molecule has 1 aliphatic heterocycles. The van der Waals surface area contributed by atoms with Crippen molar-refractivity contribution in [3.63, 3.8) is 0 Å². The lowest BCUT2D eigenvalue weighted by molar-refractivity contribution is 0.394. The number of tetrazole rings is 1. The van der Waals surface area contributed by atoms with E-state index in [4.69, 9.17) is 9.47 Å². The number of ether oxygens (including phenoxy) is 2. The zero-order chi connectivity index (χ0) is 18.6. The Morgan fingerprint density at radius 2 is 1.74 bits per heavy atom. The van der Waals surface area contributed by atoms with Crippen molar-refractivity contribution in [3.8, 4) is 17.2 Å². The van der Waals surface area contributed by atoms with Crippen molar-refractivity contribution < 1.29 is 9.47 Å². The molecule has 1 N–H and O–H groups in total. The standard InChI is InChI=1S/C19H22N6O2/c1-26-17-10-16(11-18(12-17)27-2)24-9-8-14(13-24)20-19-21-22-23-25(19)15-6-4-3-5-7-15/h3-7,10-12,14H,8-9,13H2,1-2H3,(H,20,21,23). The molecule has 27 heavy (non-hydrogen) atoms. The molecule has 4 rings (SSSR count). The van der Waals surface area contributed by atoms with Gasteiger partial charge in [0.1, 0.15) is 11.5 Å². The van der Waals surface area contributed by atoms with Gasteiger partial charge < -0.3 is 19.7 Å². The Kier molecular flexibility index (Phi) is 4.78. The maximum atomic E-state index is 5.38. The molecule has 0 amide bonds. The number of hydrogen-bond donors (Lipinski definition) is 1. The fourth-order valence-electron chi connectivity index (χ4n) is 3.29. The van der Waals surface area contributed by atoms with E-state index in [0.717, 1.165) is 42.4 Å². The minimum Gasteiger partial charge on any atom is -0.497 e.